The van der Waals surface area contributed by atoms with Crippen molar-refractivity contribution < 1.29 is 9.53 Å². The first-order valence-corrected chi connectivity index (χ1v) is 9.89. The lowest BCUT2D eigenvalue weighted by atomic mass is 10.1. The lowest BCUT2D eigenvalue weighted by Gasteiger charge is -2.11. The summed E-state index contributed by atoms with van der Waals surface area (Å²) in [7, 11) is 0. The molecule has 0 unspecified atom stereocenters. The number of carbonyl (C=O) groups excluding carboxylic acids is 1. The molecule has 0 radical (unpaired) electrons. The van der Waals surface area contributed by atoms with Gasteiger partial charge in [0, 0.05) is 30.4 Å². The molecule has 1 aromatic heterocycles. The molecule has 1 N–H and O–H groups in total. The average Bonchev–Trinajstić information content (AvgIpc) is 3.17. The maximum atomic E-state index is 12.3. The Kier molecular flexibility index (Phi) is 5.42. The Morgan fingerprint density at radius 3 is 2.82 bits per heavy atom. The summed E-state index contributed by atoms with van der Waals surface area (Å²) in [6, 6.07) is 15.6. The van der Waals surface area contributed by atoms with Crippen LogP contribution in [0.3, 0.4) is 0 Å². The van der Waals surface area contributed by atoms with E-state index in [0.717, 1.165) is 42.2 Å². The molecule has 3 aromatic rings. The minimum absolute atomic E-state index is 0.0194. The van der Waals surface area contributed by atoms with Crippen LogP contribution < -0.4 is 10.1 Å². The van der Waals surface area contributed by atoms with Gasteiger partial charge in [-0.15, -0.1) is 0 Å². The number of ether oxygens (including phenoxy) is 1. The molecule has 2 aromatic carbocycles. The number of carbonyl (C=O) groups is 1. The number of rotatable bonds is 6. The van der Waals surface area contributed by atoms with Crippen molar-refractivity contribution >= 4 is 11.6 Å². The van der Waals surface area contributed by atoms with E-state index in [2.05, 4.69) is 23.0 Å². The molecule has 0 spiro atoms. The maximum absolute atomic E-state index is 12.3. The standard InChI is InChI=1S/C23H25N3O2/c1-2-17-9-11-20(12-10-17)28-16-23(27)24-19-7-5-6-18(14-19)21-15-26-13-4-3-8-22(26)25-21/h5-7,9-12,14-15H,2-4,8,13,16H2,1H3,(H,24,27). The highest BCUT2D eigenvalue weighted by Gasteiger charge is 2.13. The fourth-order valence-corrected chi connectivity index (χ4v) is 3.48. The van der Waals surface area contributed by atoms with Gasteiger partial charge in [-0.05, 0) is 49.1 Å². The van der Waals surface area contributed by atoms with Crippen LogP contribution in [0, 0.1) is 0 Å². The molecule has 0 saturated heterocycles. The fourth-order valence-electron chi connectivity index (χ4n) is 3.48. The minimum Gasteiger partial charge on any atom is -0.484 e. The first kappa shape index (κ1) is 18.3. The van der Waals surface area contributed by atoms with Crippen LogP contribution in [0.25, 0.3) is 11.3 Å². The molecule has 1 amide bonds. The van der Waals surface area contributed by atoms with E-state index in [9.17, 15) is 4.79 Å². The summed E-state index contributed by atoms with van der Waals surface area (Å²) in [5, 5.41) is 2.91. The van der Waals surface area contributed by atoms with Gasteiger partial charge in [-0.2, -0.15) is 0 Å². The Morgan fingerprint density at radius 2 is 2.04 bits per heavy atom. The van der Waals surface area contributed by atoms with E-state index >= 15 is 0 Å². The summed E-state index contributed by atoms with van der Waals surface area (Å²) in [5.41, 5.74) is 3.96. The zero-order valence-electron chi connectivity index (χ0n) is 16.1. The number of imidazole rings is 1. The quantitative estimate of drug-likeness (QED) is 0.692. The Hall–Kier alpha value is -3.08. The van der Waals surface area contributed by atoms with Gasteiger partial charge in [0.15, 0.2) is 6.61 Å². The highest BCUT2D eigenvalue weighted by Crippen LogP contribution is 2.25. The van der Waals surface area contributed by atoms with E-state index in [1.54, 1.807) is 0 Å². The summed E-state index contributed by atoms with van der Waals surface area (Å²) in [6.45, 7) is 3.13. The molecule has 0 atom stereocenters. The van der Waals surface area contributed by atoms with Gasteiger partial charge in [0.05, 0.1) is 5.69 Å². The van der Waals surface area contributed by atoms with Crippen molar-refractivity contribution in [1.82, 2.24) is 9.55 Å². The summed E-state index contributed by atoms with van der Waals surface area (Å²) in [5.74, 6) is 1.67. The van der Waals surface area contributed by atoms with Gasteiger partial charge in [0.1, 0.15) is 11.6 Å². The Balaban J connectivity index is 1.38. The number of anilines is 1. The molecule has 28 heavy (non-hydrogen) atoms. The van der Waals surface area contributed by atoms with E-state index in [4.69, 9.17) is 9.72 Å². The molecule has 2 heterocycles. The molecule has 0 bridgehead atoms. The molecule has 5 nitrogen and oxygen atoms in total. The average molecular weight is 375 g/mol. The minimum atomic E-state index is -0.180. The number of amides is 1. The molecular weight excluding hydrogens is 350 g/mol. The number of nitrogens with one attached hydrogen (secondary N) is 1. The molecule has 0 saturated carbocycles. The number of benzene rings is 2. The van der Waals surface area contributed by atoms with Gasteiger partial charge >= 0.3 is 0 Å². The third kappa shape index (κ3) is 4.25. The van der Waals surface area contributed by atoms with E-state index in [1.165, 1.54) is 18.4 Å². The van der Waals surface area contributed by atoms with Gasteiger partial charge in [0.2, 0.25) is 0 Å². The van der Waals surface area contributed by atoms with Gasteiger partial charge in [-0.25, -0.2) is 4.98 Å². The molecule has 0 fully saturated rings. The Morgan fingerprint density at radius 1 is 1.18 bits per heavy atom. The monoisotopic (exact) mass is 375 g/mol. The van der Waals surface area contributed by atoms with Gasteiger partial charge in [-0.1, -0.05) is 31.2 Å². The predicted molar refractivity (Wildman–Crippen MR) is 111 cm³/mol. The molecule has 144 valence electrons. The summed E-state index contributed by atoms with van der Waals surface area (Å²) in [6.07, 6.45) is 6.54. The number of hydrogen-bond acceptors (Lipinski definition) is 3. The number of aromatic nitrogens is 2. The van der Waals surface area contributed by atoms with Gasteiger partial charge in [0.25, 0.3) is 5.91 Å². The summed E-state index contributed by atoms with van der Waals surface area (Å²) < 4.78 is 7.82. The van der Waals surface area contributed by atoms with Crippen molar-refractivity contribution in [2.45, 2.75) is 39.2 Å². The molecule has 1 aliphatic heterocycles. The van der Waals surface area contributed by atoms with Crippen LogP contribution in [0.5, 0.6) is 5.75 Å². The van der Waals surface area contributed by atoms with Crippen molar-refractivity contribution in [3.05, 3.63) is 66.1 Å². The smallest absolute Gasteiger partial charge is 0.262 e. The van der Waals surface area contributed by atoms with Crippen molar-refractivity contribution in [2.75, 3.05) is 11.9 Å². The molecule has 1 aliphatic rings. The number of nitrogens with zero attached hydrogens (tertiary/aromatic N) is 2. The lowest BCUT2D eigenvalue weighted by molar-refractivity contribution is -0.118. The molecular formula is C23H25N3O2. The molecule has 5 heteroatoms. The Labute approximate surface area is 165 Å². The van der Waals surface area contributed by atoms with Gasteiger partial charge < -0.3 is 14.6 Å². The summed E-state index contributed by atoms with van der Waals surface area (Å²) in [4.78, 5) is 17.0. The van der Waals surface area contributed by atoms with Crippen molar-refractivity contribution in [2.24, 2.45) is 0 Å². The third-order valence-corrected chi connectivity index (χ3v) is 5.05. The van der Waals surface area contributed by atoms with Crippen LogP contribution >= 0.6 is 0 Å². The van der Waals surface area contributed by atoms with E-state index in [1.807, 2.05) is 48.5 Å². The molecule has 0 aliphatic carbocycles. The van der Waals surface area contributed by atoms with Crippen LogP contribution in [0.4, 0.5) is 5.69 Å². The SMILES string of the molecule is CCc1ccc(OCC(=O)Nc2cccc(-c3cn4c(n3)CCCC4)c2)cc1. The highest BCUT2D eigenvalue weighted by molar-refractivity contribution is 5.92. The lowest BCUT2D eigenvalue weighted by Crippen LogP contribution is -2.20. The van der Waals surface area contributed by atoms with Gasteiger partial charge in [-0.3, -0.25) is 4.79 Å². The Bertz CT molecular complexity index is 937. The number of hydrogen-bond donors (Lipinski definition) is 1. The second kappa shape index (κ2) is 8.30. The van der Waals surface area contributed by atoms with Crippen LogP contribution in [0.2, 0.25) is 0 Å². The van der Waals surface area contributed by atoms with Crippen molar-refractivity contribution in [1.29, 1.82) is 0 Å². The first-order chi connectivity index (χ1) is 13.7. The van der Waals surface area contributed by atoms with Crippen LogP contribution in [-0.2, 0) is 24.2 Å². The van der Waals surface area contributed by atoms with Crippen molar-refractivity contribution in [3.63, 3.8) is 0 Å². The van der Waals surface area contributed by atoms with Crippen LogP contribution in [0.1, 0.15) is 31.2 Å². The van der Waals surface area contributed by atoms with Crippen molar-refractivity contribution in [3.8, 4) is 17.0 Å². The third-order valence-electron chi connectivity index (χ3n) is 5.05. The van der Waals surface area contributed by atoms with Crippen LogP contribution in [0.15, 0.2) is 54.7 Å². The van der Waals surface area contributed by atoms with E-state index < -0.39 is 0 Å². The first-order valence-electron chi connectivity index (χ1n) is 9.89. The molecule has 4 rings (SSSR count). The topological polar surface area (TPSA) is 56.1 Å². The normalized spacial score (nSPS) is 13.0. The summed E-state index contributed by atoms with van der Waals surface area (Å²) >= 11 is 0. The number of aryl methyl sites for hydroxylation is 3. The second-order valence-electron chi connectivity index (χ2n) is 7.11. The van der Waals surface area contributed by atoms with E-state index in [-0.39, 0.29) is 12.5 Å². The second-order valence-corrected chi connectivity index (χ2v) is 7.11. The zero-order valence-corrected chi connectivity index (χ0v) is 16.1. The van der Waals surface area contributed by atoms with Crippen LogP contribution in [-0.4, -0.2) is 22.1 Å². The zero-order chi connectivity index (χ0) is 19.3. The van der Waals surface area contributed by atoms with E-state index in [0.29, 0.717) is 5.75 Å². The largest absolute Gasteiger partial charge is 0.484 e. The fraction of sp³-hybridized carbons (Fsp3) is 0.304. The number of fused-ring (bicyclic) bond motifs is 1. The maximum Gasteiger partial charge on any atom is 0.262 e. The highest BCUT2D eigenvalue weighted by atomic mass is 16.5. The predicted octanol–water partition coefficient (Wildman–Crippen LogP) is 4.47.